The highest BCUT2D eigenvalue weighted by Gasteiger charge is 2.26. The first-order chi connectivity index (χ1) is 9.01. The third-order valence-electron chi connectivity index (χ3n) is 4.24. The van der Waals surface area contributed by atoms with Crippen molar-refractivity contribution < 1.29 is 9.84 Å². The van der Waals surface area contributed by atoms with Crippen molar-refractivity contribution >= 4 is 0 Å². The van der Waals surface area contributed by atoms with Gasteiger partial charge >= 0.3 is 0 Å². The van der Waals surface area contributed by atoms with Gasteiger partial charge in [0.2, 0.25) is 0 Å². The van der Waals surface area contributed by atoms with Crippen LogP contribution < -0.4 is 4.74 Å². The third kappa shape index (κ3) is 3.28. The van der Waals surface area contributed by atoms with Gasteiger partial charge in [-0.15, -0.1) is 0 Å². The third-order valence-corrected chi connectivity index (χ3v) is 4.24. The van der Waals surface area contributed by atoms with Gasteiger partial charge in [0.1, 0.15) is 5.75 Å². The maximum atomic E-state index is 9.70. The van der Waals surface area contributed by atoms with Crippen LogP contribution in [0.2, 0.25) is 0 Å². The van der Waals surface area contributed by atoms with Crippen molar-refractivity contribution in [2.45, 2.75) is 33.4 Å². The fourth-order valence-electron chi connectivity index (χ4n) is 2.80. The highest BCUT2D eigenvalue weighted by atomic mass is 16.5. The predicted molar refractivity (Wildman–Crippen MR) is 77.2 cm³/mol. The molecule has 106 valence electrons. The normalized spacial score (nSPS) is 25.5. The van der Waals surface area contributed by atoms with Gasteiger partial charge in [0.25, 0.3) is 0 Å². The Morgan fingerprint density at radius 2 is 1.95 bits per heavy atom. The van der Waals surface area contributed by atoms with Gasteiger partial charge in [0.05, 0.1) is 13.2 Å². The Labute approximate surface area is 116 Å². The lowest BCUT2D eigenvalue weighted by Crippen LogP contribution is -2.20. The van der Waals surface area contributed by atoms with Gasteiger partial charge in [-0.25, -0.2) is 0 Å². The van der Waals surface area contributed by atoms with Crippen molar-refractivity contribution in [2.75, 3.05) is 20.2 Å². The Bertz CT molecular complexity index is 421. The molecule has 0 aliphatic carbocycles. The second-order valence-corrected chi connectivity index (χ2v) is 5.90. The molecule has 3 heteroatoms. The summed E-state index contributed by atoms with van der Waals surface area (Å²) in [6.45, 7) is 9.61. The quantitative estimate of drug-likeness (QED) is 0.906. The van der Waals surface area contributed by atoms with Crippen molar-refractivity contribution in [3.05, 3.63) is 29.3 Å². The number of aliphatic hydroxyl groups excluding tert-OH is 1. The molecule has 1 saturated heterocycles. The lowest BCUT2D eigenvalue weighted by atomic mass is 10.0. The fourth-order valence-corrected chi connectivity index (χ4v) is 2.80. The molecule has 0 aromatic heterocycles. The Morgan fingerprint density at radius 3 is 2.47 bits per heavy atom. The topological polar surface area (TPSA) is 32.7 Å². The fraction of sp³-hybridized carbons (Fsp3) is 0.625. The first-order valence-electron chi connectivity index (χ1n) is 7.08. The van der Waals surface area contributed by atoms with Crippen molar-refractivity contribution in [3.63, 3.8) is 0 Å². The summed E-state index contributed by atoms with van der Waals surface area (Å²) in [5, 5.41) is 9.70. The first kappa shape index (κ1) is 14.4. The van der Waals surface area contributed by atoms with Gasteiger partial charge in [-0.1, -0.05) is 19.9 Å². The number of rotatable bonds is 4. The van der Waals surface area contributed by atoms with Gasteiger partial charge in [0, 0.05) is 25.2 Å². The molecule has 0 bridgehead atoms. The van der Waals surface area contributed by atoms with Crippen LogP contribution in [0.4, 0.5) is 0 Å². The van der Waals surface area contributed by atoms with E-state index in [1.54, 1.807) is 14.0 Å². The number of hydrogen-bond donors (Lipinski definition) is 1. The molecule has 1 aromatic rings. The average Bonchev–Trinajstić information content (AvgIpc) is 2.68. The van der Waals surface area contributed by atoms with E-state index in [0.29, 0.717) is 0 Å². The number of ether oxygens (including phenoxy) is 1. The van der Waals surface area contributed by atoms with E-state index in [4.69, 9.17) is 4.74 Å². The van der Waals surface area contributed by atoms with Gasteiger partial charge < -0.3 is 9.84 Å². The van der Waals surface area contributed by atoms with Gasteiger partial charge in [-0.2, -0.15) is 0 Å². The summed E-state index contributed by atoms with van der Waals surface area (Å²) in [6.07, 6.45) is -0.430. The number of likely N-dealkylation sites (tertiary alicyclic amines) is 1. The van der Waals surface area contributed by atoms with E-state index in [0.717, 1.165) is 42.8 Å². The molecule has 3 unspecified atom stereocenters. The largest absolute Gasteiger partial charge is 0.496 e. The highest BCUT2D eigenvalue weighted by Crippen LogP contribution is 2.28. The number of hydrogen-bond acceptors (Lipinski definition) is 3. The SMILES string of the molecule is COc1ccc(C(C)O)cc1CN1CC(C)C(C)C1. The number of aliphatic hydroxyl groups is 1. The molecule has 3 atom stereocenters. The Balaban J connectivity index is 2.16. The molecular weight excluding hydrogens is 238 g/mol. The van der Waals surface area contributed by atoms with Gasteiger partial charge in [-0.05, 0) is 36.5 Å². The van der Waals surface area contributed by atoms with E-state index in [1.165, 1.54) is 5.56 Å². The standard InChI is InChI=1S/C16H25NO2/c1-11-8-17(9-12(11)2)10-15-7-14(13(3)18)5-6-16(15)19-4/h5-7,11-13,18H,8-10H2,1-4H3. The second-order valence-electron chi connectivity index (χ2n) is 5.90. The van der Waals surface area contributed by atoms with Crippen LogP contribution in [0.3, 0.4) is 0 Å². The Kier molecular flexibility index (Phi) is 4.48. The van der Waals surface area contributed by atoms with Crippen LogP contribution in [0.15, 0.2) is 18.2 Å². The van der Waals surface area contributed by atoms with Crippen molar-refractivity contribution in [1.29, 1.82) is 0 Å². The summed E-state index contributed by atoms with van der Waals surface area (Å²) < 4.78 is 5.44. The second kappa shape index (κ2) is 5.93. The minimum absolute atomic E-state index is 0.430. The maximum Gasteiger partial charge on any atom is 0.123 e. The van der Waals surface area contributed by atoms with E-state index in [1.807, 2.05) is 12.1 Å². The minimum Gasteiger partial charge on any atom is -0.496 e. The van der Waals surface area contributed by atoms with E-state index in [9.17, 15) is 5.11 Å². The molecule has 0 radical (unpaired) electrons. The van der Waals surface area contributed by atoms with E-state index in [2.05, 4.69) is 24.8 Å². The Morgan fingerprint density at radius 1 is 1.32 bits per heavy atom. The number of methoxy groups -OCH3 is 1. The molecule has 1 N–H and O–H groups in total. The summed E-state index contributed by atoms with van der Waals surface area (Å²) in [5.41, 5.74) is 2.12. The molecule has 1 aliphatic rings. The summed E-state index contributed by atoms with van der Waals surface area (Å²) >= 11 is 0. The highest BCUT2D eigenvalue weighted by molar-refractivity contribution is 5.38. The lowest BCUT2D eigenvalue weighted by Gasteiger charge is -2.19. The minimum atomic E-state index is -0.430. The average molecular weight is 263 g/mol. The van der Waals surface area contributed by atoms with Crippen molar-refractivity contribution in [1.82, 2.24) is 4.90 Å². The van der Waals surface area contributed by atoms with Crippen LogP contribution in [0.25, 0.3) is 0 Å². The molecule has 1 fully saturated rings. The molecule has 1 aromatic carbocycles. The van der Waals surface area contributed by atoms with E-state index in [-0.39, 0.29) is 0 Å². The van der Waals surface area contributed by atoms with Crippen LogP contribution in [-0.2, 0) is 6.54 Å². The summed E-state index contributed by atoms with van der Waals surface area (Å²) in [7, 11) is 1.70. The van der Waals surface area contributed by atoms with Crippen LogP contribution >= 0.6 is 0 Å². The molecular formula is C16H25NO2. The van der Waals surface area contributed by atoms with Gasteiger partial charge in [0.15, 0.2) is 0 Å². The predicted octanol–water partition coefficient (Wildman–Crippen LogP) is 2.84. The lowest BCUT2D eigenvalue weighted by molar-refractivity contribution is 0.199. The van der Waals surface area contributed by atoms with Gasteiger partial charge in [-0.3, -0.25) is 4.90 Å². The summed E-state index contributed by atoms with van der Waals surface area (Å²) in [6, 6.07) is 5.96. The van der Waals surface area contributed by atoms with Crippen molar-refractivity contribution in [2.24, 2.45) is 11.8 Å². The smallest absolute Gasteiger partial charge is 0.123 e. The summed E-state index contributed by atoms with van der Waals surface area (Å²) in [5.74, 6) is 2.42. The molecule has 0 saturated carbocycles. The van der Waals surface area contributed by atoms with E-state index >= 15 is 0 Å². The molecule has 2 rings (SSSR count). The number of benzene rings is 1. The van der Waals surface area contributed by atoms with Crippen LogP contribution in [0, 0.1) is 11.8 Å². The Hall–Kier alpha value is -1.06. The zero-order chi connectivity index (χ0) is 14.0. The zero-order valence-corrected chi connectivity index (χ0v) is 12.4. The van der Waals surface area contributed by atoms with Crippen LogP contribution in [0.5, 0.6) is 5.75 Å². The number of nitrogens with zero attached hydrogens (tertiary/aromatic N) is 1. The van der Waals surface area contributed by atoms with E-state index < -0.39 is 6.10 Å². The summed E-state index contributed by atoms with van der Waals surface area (Å²) in [4.78, 5) is 2.47. The zero-order valence-electron chi connectivity index (χ0n) is 12.4. The van der Waals surface area contributed by atoms with Crippen LogP contribution in [0.1, 0.15) is 38.0 Å². The molecule has 1 heterocycles. The molecule has 0 spiro atoms. The molecule has 19 heavy (non-hydrogen) atoms. The van der Waals surface area contributed by atoms with Crippen molar-refractivity contribution in [3.8, 4) is 5.75 Å². The first-order valence-corrected chi connectivity index (χ1v) is 7.08. The van der Waals surface area contributed by atoms with Crippen LogP contribution in [-0.4, -0.2) is 30.2 Å². The monoisotopic (exact) mass is 263 g/mol. The molecule has 0 amide bonds. The maximum absolute atomic E-state index is 9.70. The molecule has 3 nitrogen and oxygen atoms in total. The molecule has 1 aliphatic heterocycles.